The van der Waals surface area contributed by atoms with E-state index in [0.717, 1.165) is 43.4 Å². The lowest BCUT2D eigenvalue weighted by Crippen LogP contribution is -2.84. The van der Waals surface area contributed by atoms with Gasteiger partial charge in [0, 0.05) is 13.1 Å². The third-order valence-electron chi connectivity index (χ3n) is 3.79. The number of para-hydroxylation sites is 2. The molecule has 1 aliphatic heterocycles. The van der Waals surface area contributed by atoms with Gasteiger partial charge >= 0.3 is 0 Å². The molecule has 23 heavy (non-hydrogen) atoms. The number of nitrogens with one attached hydrogen (secondary N) is 1. The zero-order valence-corrected chi connectivity index (χ0v) is 13.0. The van der Waals surface area contributed by atoms with Crippen LogP contribution in [0.3, 0.4) is 0 Å². The first-order valence-electron chi connectivity index (χ1n) is 7.88. The zero-order chi connectivity index (χ0) is 15.9. The Bertz CT molecular complexity index is 622. The first-order valence-corrected chi connectivity index (χ1v) is 7.88. The van der Waals surface area contributed by atoms with Gasteiger partial charge in [0.2, 0.25) is 0 Å². The molecule has 6 nitrogen and oxygen atoms in total. The van der Waals surface area contributed by atoms with Gasteiger partial charge in [-0.05, 0) is 24.3 Å². The lowest BCUT2D eigenvalue weighted by Gasteiger charge is -2.30. The lowest BCUT2D eigenvalue weighted by molar-refractivity contribution is -0.661. The number of quaternary nitrogens is 1. The summed E-state index contributed by atoms with van der Waals surface area (Å²) in [6, 6.07) is 11.7. The minimum absolute atomic E-state index is 0.0164. The molecule has 1 aliphatic rings. The number of amides is 1. The Labute approximate surface area is 135 Å². The highest BCUT2D eigenvalue weighted by Gasteiger charge is 2.16. The van der Waals surface area contributed by atoms with Gasteiger partial charge in [-0.2, -0.15) is 0 Å². The molecular weight excluding hydrogens is 294 g/mol. The Kier molecular flexibility index (Phi) is 5.29. The van der Waals surface area contributed by atoms with Crippen molar-refractivity contribution in [1.82, 2.24) is 0 Å². The van der Waals surface area contributed by atoms with Crippen LogP contribution in [0.2, 0.25) is 0 Å². The Hall–Kier alpha value is -2.31. The number of morpholine rings is 1. The Morgan fingerprint density at radius 3 is 2.78 bits per heavy atom. The van der Waals surface area contributed by atoms with Crippen LogP contribution < -0.4 is 15.5 Å². The molecule has 0 spiro atoms. The molecular formula is C17H22N3O3+. The Balaban J connectivity index is 1.55. The van der Waals surface area contributed by atoms with E-state index in [1.807, 2.05) is 41.7 Å². The molecule has 0 bridgehead atoms. The molecule has 0 radical (unpaired) electrons. The molecule has 122 valence electrons. The van der Waals surface area contributed by atoms with Crippen LogP contribution in [0.25, 0.3) is 0 Å². The number of ether oxygens (including phenoxy) is 1. The van der Waals surface area contributed by atoms with Gasteiger partial charge in [-0.25, -0.2) is 0 Å². The predicted octanol–water partition coefficient (Wildman–Crippen LogP) is 0.818. The molecule has 2 heterocycles. The molecule has 1 aromatic carbocycles. The van der Waals surface area contributed by atoms with Gasteiger partial charge in [-0.15, -0.1) is 0 Å². The Morgan fingerprint density at radius 1 is 1.17 bits per heavy atom. The van der Waals surface area contributed by atoms with E-state index < -0.39 is 0 Å². The fourth-order valence-corrected chi connectivity index (χ4v) is 2.63. The number of furan rings is 1. The van der Waals surface area contributed by atoms with Crippen molar-refractivity contribution in [2.75, 3.05) is 43.1 Å². The number of hydrogen-bond acceptors (Lipinski definition) is 4. The second-order valence-corrected chi connectivity index (χ2v) is 5.44. The van der Waals surface area contributed by atoms with Crippen LogP contribution in [0.15, 0.2) is 47.1 Å². The van der Waals surface area contributed by atoms with Crippen molar-refractivity contribution in [1.29, 1.82) is 0 Å². The molecule has 6 heteroatoms. The van der Waals surface area contributed by atoms with Crippen LogP contribution in [0.5, 0.6) is 0 Å². The van der Waals surface area contributed by atoms with Crippen LogP contribution in [0.4, 0.5) is 11.4 Å². The monoisotopic (exact) mass is 316 g/mol. The van der Waals surface area contributed by atoms with E-state index in [-0.39, 0.29) is 5.91 Å². The van der Waals surface area contributed by atoms with Gasteiger partial charge in [-0.1, -0.05) is 12.1 Å². The largest absolute Gasteiger partial charge is 0.463 e. The average molecular weight is 316 g/mol. The van der Waals surface area contributed by atoms with Crippen molar-refractivity contribution in [3.05, 3.63) is 48.4 Å². The highest BCUT2D eigenvalue weighted by atomic mass is 16.5. The zero-order valence-electron chi connectivity index (χ0n) is 13.0. The van der Waals surface area contributed by atoms with Crippen molar-refractivity contribution in [2.24, 2.45) is 0 Å². The molecule has 1 amide bonds. The molecule has 2 aromatic rings. The molecule has 0 saturated carbocycles. The normalized spacial score (nSPS) is 14.7. The summed E-state index contributed by atoms with van der Waals surface area (Å²) in [4.78, 5) is 14.4. The summed E-state index contributed by atoms with van der Waals surface area (Å²) in [6.07, 6.45) is 1.64. The smallest absolute Gasteiger partial charge is 0.279 e. The first kappa shape index (κ1) is 15.6. The highest BCUT2D eigenvalue weighted by molar-refractivity contribution is 5.94. The van der Waals surface area contributed by atoms with E-state index in [9.17, 15) is 4.79 Å². The fraction of sp³-hybridized carbons (Fsp3) is 0.353. The quantitative estimate of drug-likeness (QED) is 0.828. The number of anilines is 2. The van der Waals surface area contributed by atoms with Crippen molar-refractivity contribution in [3.63, 3.8) is 0 Å². The number of nitrogens with two attached hydrogens (primary N) is 1. The van der Waals surface area contributed by atoms with E-state index in [0.29, 0.717) is 13.1 Å². The van der Waals surface area contributed by atoms with Crippen LogP contribution in [-0.4, -0.2) is 38.8 Å². The van der Waals surface area contributed by atoms with Crippen LogP contribution >= 0.6 is 0 Å². The summed E-state index contributed by atoms with van der Waals surface area (Å²) in [6.45, 7) is 4.15. The molecule has 3 rings (SSSR count). The Morgan fingerprint density at radius 2 is 2.00 bits per heavy atom. The maximum absolute atomic E-state index is 12.2. The van der Waals surface area contributed by atoms with Gasteiger partial charge < -0.3 is 24.7 Å². The number of nitrogens with zero attached hydrogens (tertiary/aromatic N) is 1. The van der Waals surface area contributed by atoms with Gasteiger partial charge in [-0.3, -0.25) is 4.79 Å². The second-order valence-electron chi connectivity index (χ2n) is 5.44. The van der Waals surface area contributed by atoms with Gasteiger partial charge in [0.15, 0.2) is 12.3 Å². The summed E-state index contributed by atoms with van der Waals surface area (Å²) in [5, 5.41) is 4.93. The minimum Gasteiger partial charge on any atom is -0.463 e. The molecule has 3 N–H and O–H groups in total. The lowest BCUT2D eigenvalue weighted by atomic mass is 10.2. The van der Waals surface area contributed by atoms with Crippen molar-refractivity contribution in [2.45, 2.75) is 6.54 Å². The van der Waals surface area contributed by atoms with Crippen molar-refractivity contribution >= 4 is 17.3 Å². The number of carbonyl (C=O) groups is 1. The minimum atomic E-state index is -0.0164. The summed E-state index contributed by atoms with van der Waals surface area (Å²) in [5.74, 6) is 0.851. The van der Waals surface area contributed by atoms with Crippen LogP contribution in [-0.2, 0) is 16.1 Å². The molecule has 0 unspecified atom stereocenters. The summed E-state index contributed by atoms with van der Waals surface area (Å²) >= 11 is 0. The standard InChI is InChI=1S/C17H21N3O3/c21-17(13-18-12-14-4-3-9-23-14)19-15-5-1-2-6-16(15)20-7-10-22-11-8-20/h1-6,9,18H,7-8,10-13H2,(H,19,21)/p+1. The topological polar surface area (TPSA) is 71.3 Å². The van der Waals surface area contributed by atoms with E-state index in [4.69, 9.17) is 9.15 Å². The molecule has 0 aliphatic carbocycles. The number of rotatable bonds is 6. The van der Waals surface area contributed by atoms with E-state index in [1.54, 1.807) is 6.26 Å². The van der Waals surface area contributed by atoms with Crippen molar-refractivity contribution < 1.29 is 19.3 Å². The third-order valence-corrected chi connectivity index (χ3v) is 3.79. The summed E-state index contributed by atoms with van der Waals surface area (Å²) in [5.41, 5.74) is 1.90. The molecule has 1 aromatic heterocycles. The third kappa shape index (κ3) is 4.34. The molecule has 0 atom stereocenters. The number of hydrogen-bond donors (Lipinski definition) is 2. The maximum Gasteiger partial charge on any atom is 0.279 e. The molecule has 1 fully saturated rings. The van der Waals surface area contributed by atoms with Crippen LogP contribution in [0, 0.1) is 0 Å². The number of carbonyl (C=O) groups excluding carboxylic acids is 1. The fourth-order valence-electron chi connectivity index (χ4n) is 2.63. The van der Waals surface area contributed by atoms with E-state index in [1.165, 1.54) is 0 Å². The summed E-state index contributed by atoms with van der Waals surface area (Å²) < 4.78 is 10.6. The van der Waals surface area contributed by atoms with Gasteiger partial charge in [0.05, 0.1) is 30.9 Å². The predicted molar refractivity (Wildman–Crippen MR) is 87.3 cm³/mol. The second kappa shape index (κ2) is 7.80. The molecule has 1 saturated heterocycles. The number of benzene rings is 1. The first-order chi connectivity index (χ1) is 11.3. The average Bonchev–Trinajstić information content (AvgIpc) is 3.09. The van der Waals surface area contributed by atoms with Gasteiger partial charge in [0.25, 0.3) is 5.91 Å². The van der Waals surface area contributed by atoms with E-state index in [2.05, 4.69) is 10.2 Å². The SMILES string of the molecule is O=C(C[NH2+]Cc1ccco1)Nc1ccccc1N1CCOCC1. The van der Waals surface area contributed by atoms with E-state index >= 15 is 0 Å². The van der Waals surface area contributed by atoms with Crippen LogP contribution in [0.1, 0.15) is 5.76 Å². The highest BCUT2D eigenvalue weighted by Crippen LogP contribution is 2.26. The van der Waals surface area contributed by atoms with Gasteiger partial charge in [0.1, 0.15) is 6.54 Å². The summed E-state index contributed by atoms with van der Waals surface area (Å²) in [7, 11) is 0. The maximum atomic E-state index is 12.2. The van der Waals surface area contributed by atoms with Crippen molar-refractivity contribution in [3.8, 4) is 0 Å².